The average molecular weight is 401 g/mol. The summed E-state index contributed by atoms with van der Waals surface area (Å²) in [4.78, 5) is 29.2. The molecule has 2 aromatic rings. The molecule has 148 valence electrons. The highest BCUT2D eigenvalue weighted by Gasteiger charge is 2.41. The van der Waals surface area contributed by atoms with Gasteiger partial charge >= 0.3 is 0 Å². The first-order chi connectivity index (χ1) is 13.6. The Morgan fingerprint density at radius 3 is 2.43 bits per heavy atom. The number of carbonyl (C=O) groups is 2. The number of benzene rings is 1. The Hall–Kier alpha value is -2.21. The number of nitrogens with zero attached hydrogens (tertiary/aromatic N) is 1. The van der Waals surface area contributed by atoms with Gasteiger partial charge < -0.3 is 10.2 Å². The minimum atomic E-state index is -0.707. The standard InChI is InChI=1S/C22H25FN2O2S/c23-16-9-7-15(8-10-16)21(22(27)24-17-4-1-2-5-17)25(18-11-12-18)20(26)14-19-6-3-13-28-19/h3,6-10,13,17-18,21H,1-2,4-5,11-12,14H2,(H,24,27). The lowest BCUT2D eigenvalue weighted by molar-refractivity contribution is -0.141. The molecule has 1 heterocycles. The fourth-order valence-electron chi connectivity index (χ4n) is 4.00. The van der Waals surface area contributed by atoms with E-state index in [1.54, 1.807) is 28.4 Å². The smallest absolute Gasteiger partial charge is 0.247 e. The van der Waals surface area contributed by atoms with Crippen molar-refractivity contribution in [3.63, 3.8) is 0 Å². The number of hydrogen-bond acceptors (Lipinski definition) is 3. The Kier molecular flexibility index (Phi) is 5.76. The molecule has 2 fully saturated rings. The molecule has 0 bridgehead atoms. The summed E-state index contributed by atoms with van der Waals surface area (Å²) < 4.78 is 13.5. The van der Waals surface area contributed by atoms with Crippen molar-refractivity contribution in [2.24, 2.45) is 0 Å². The third-order valence-electron chi connectivity index (χ3n) is 5.55. The maximum atomic E-state index is 13.5. The Balaban J connectivity index is 1.61. The average Bonchev–Trinajstić information content (AvgIpc) is 3.14. The van der Waals surface area contributed by atoms with Crippen LogP contribution in [0.4, 0.5) is 4.39 Å². The highest BCUT2D eigenvalue weighted by molar-refractivity contribution is 7.10. The quantitative estimate of drug-likeness (QED) is 0.756. The van der Waals surface area contributed by atoms with E-state index in [0.717, 1.165) is 43.4 Å². The summed E-state index contributed by atoms with van der Waals surface area (Å²) in [6, 6.07) is 9.39. The van der Waals surface area contributed by atoms with Crippen molar-refractivity contribution >= 4 is 23.2 Å². The zero-order valence-corrected chi connectivity index (χ0v) is 16.6. The summed E-state index contributed by atoms with van der Waals surface area (Å²) in [5.41, 5.74) is 0.670. The van der Waals surface area contributed by atoms with Crippen molar-refractivity contribution in [3.8, 4) is 0 Å². The SMILES string of the molecule is O=C(NC1CCCC1)C(c1ccc(F)cc1)N(C(=O)Cc1cccs1)C1CC1. The van der Waals surface area contributed by atoms with Gasteiger partial charge in [0.25, 0.3) is 0 Å². The van der Waals surface area contributed by atoms with Crippen LogP contribution in [0.25, 0.3) is 0 Å². The molecule has 2 aliphatic carbocycles. The van der Waals surface area contributed by atoms with Crippen molar-refractivity contribution in [2.45, 2.75) is 63.1 Å². The van der Waals surface area contributed by atoms with Crippen LogP contribution in [-0.4, -0.2) is 28.8 Å². The molecular formula is C22H25FN2O2S. The molecule has 1 aromatic heterocycles. The Morgan fingerprint density at radius 1 is 1.11 bits per heavy atom. The molecular weight excluding hydrogens is 375 g/mol. The molecule has 1 N–H and O–H groups in total. The van der Waals surface area contributed by atoms with Crippen LogP contribution in [0.5, 0.6) is 0 Å². The molecule has 1 atom stereocenters. The van der Waals surface area contributed by atoms with Gasteiger partial charge in [0.1, 0.15) is 11.9 Å². The largest absolute Gasteiger partial charge is 0.351 e. The predicted octanol–water partition coefficient (Wildman–Crippen LogP) is 4.22. The number of halogens is 1. The van der Waals surface area contributed by atoms with Gasteiger partial charge in [-0.15, -0.1) is 11.3 Å². The zero-order valence-electron chi connectivity index (χ0n) is 15.8. The highest BCUT2D eigenvalue weighted by Crippen LogP contribution is 2.36. The predicted molar refractivity (Wildman–Crippen MR) is 107 cm³/mol. The number of hydrogen-bond donors (Lipinski definition) is 1. The Labute approximate surface area is 168 Å². The molecule has 4 rings (SSSR count). The van der Waals surface area contributed by atoms with E-state index < -0.39 is 6.04 Å². The molecule has 0 aliphatic heterocycles. The van der Waals surface area contributed by atoms with Crippen LogP contribution in [0, 0.1) is 5.82 Å². The topological polar surface area (TPSA) is 49.4 Å². The van der Waals surface area contributed by atoms with Crippen molar-refractivity contribution in [3.05, 3.63) is 58.0 Å². The number of amides is 2. The lowest BCUT2D eigenvalue weighted by Gasteiger charge is -2.32. The second-order valence-corrected chi connectivity index (χ2v) is 8.76. The fourth-order valence-corrected chi connectivity index (χ4v) is 4.69. The second-order valence-electron chi connectivity index (χ2n) is 7.73. The molecule has 4 nitrogen and oxygen atoms in total. The number of thiophene rings is 1. The van der Waals surface area contributed by atoms with Gasteiger partial charge in [-0.25, -0.2) is 4.39 Å². The van der Waals surface area contributed by atoms with Gasteiger partial charge in [-0.3, -0.25) is 9.59 Å². The lowest BCUT2D eigenvalue weighted by Crippen LogP contribution is -2.47. The monoisotopic (exact) mass is 400 g/mol. The van der Waals surface area contributed by atoms with Crippen molar-refractivity contribution in [2.75, 3.05) is 0 Å². The molecule has 6 heteroatoms. The normalized spacial score (nSPS) is 18.0. The van der Waals surface area contributed by atoms with Gasteiger partial charge in [0, 0.05) is 17.0 Å². The summed E-state index contributed by atoms with van der Waals surface area (Å²) in [5.74, 6) is -0.535. The summed E-state index contributed by atoms with van der Waals surface area (Å²) in [6.07, 6.45) is 6.31. The minimum Gasteiger partial charge on any atom is -0.351 e. The summed E-state index contributed by atoms with van der Waals surface area (Å²) >= 11 is 1.55. The van der Waals surface area contributed by atoms with Crippen LogP contribution in [-0.2, 0) is 16.0 Å². The van der Waals surface area contributed by atoms with Crippen LogP contribution in [0.1, 0.15) is 55.0 Å². The third-order valence-corrected chi connectivity index (χ3v) is 6.42. The van der Waals surface area contributed by atoms with Crippen molar-refractivity contribution in [1.29, 1.82) is 0 Å². The van der Waals surface area contributed by atoms with E-state index in [1.807, 2.05) is 17.5 Å². The van der Waals surface area contributed by atoms with Crippen LogP contribution in [0.15, 0.2) is 41.8 Å². The molecule has 1 unspecified atom stereocenters. The lowest BCUT2D eigenvalue weighted by atomic mass is 10.0. The maximum Gasteiger partial charge on any atom is 0.247 e. The zero-order chi connectivity index (χ0) is 19.5. The van der Waals surface area contributed by atoms with Gasteiger partial charge in [-0.1, -0.05) is 31.0 Å². The Morgan fingerprint density at radius 2 is 1.82 bits per heavy atom. The van der Waals surface area contributed by atoms with Crippen LogP contribution < -0.4 is 5.32 Å². The first-order valence-electron chi connectivity index (χ1n) is 10.0. The molecule has 28 heavy (non-hydrogen) atoms. The van der Waals surface area contributed by atoms with E-state index in [1.165, 1.54) is 12.1 Å². The minimum absolute atomic E-state index is 0.0409. The van der Waals surface area contributed by atoms with E-state index >= 15 is 0 Å². The maximum absolute atomic E-state index is 13.5. The van der Waals surface area contributed by atoms with Gasteiger partial charge in [-0.05, 0) is 54.8 Å². The molecule has 0 radical (unpaired) electrons. The first-order valence-corrected chi connectivity index (χ1v) is 10.9. The molecule has 0 saturated heterocycles. The van der Waals surface area contributed by atoms with Gasteiger partial charge in [-0.2, -0.15) is 0 Å². The molecule has 2 amide bonds. The summed E-state index contributed by atoms with van der Waals surface area (Å²) in [5, 5.41) is 5.10. The first kappa shape index (κ1) is 19.1. The van der Waals surface area contributed by atoms with Gasteiger partial charge in [0.15, 0.2) is 0 Å². The van der Waals surface area contributed by atoms with E-state index in [9.17, 15) is 14.0 Å². The van der Waals surface area contributed by atoms with Crippen molar-refractivity contribution in [1.82, 2.24) is 10.2 Å². The number of rotatable bonds is 7. The molecule has 0 spiro atoms. The van der Waals surface area contributed by atoms with Gasteiger partial charge in [0.05, 0.1) is 6.42 Å². The third kappa shape index (κ3) is 4.43. The van der Waals surface area contributed by atoms with Crippen LogP contribution in [0.3, 0.4) is 0 Å². The van der Waals surface area contributed by atoms with E-state index in [4.69, 9.17) is 0 Å². The number of nitrogens with one attached hydrogen (secondary N) is 1. The van der Waals surface area contributed by atoms with Crippen LogP contribution >= 0.6 is 11.3 Å². The second kappa shape index (κ2) is 8.43. The molecule has 2 saturated carbocycles. The summed E-state index contributed by atoms with van der Waals surface area (Å²) in [6.45, 7) is 0. The van der Waals surface area contributed by atoms with E-state index in [2.05, 4.69) is 5.32 Å². The van der Waals surface area contributed by atoms with Crippen LogP contribution in [0.2, 0.25) is 0 Å². The summed E-state index contributed by atoms with van der Waals surface area (Å²) in [7, 11) is 0. The van der Waals surface area contributed by atoms with E-state index in [-0.39, 0.29) is 29.7 Å². The fraction of sp³-hybridized carbons (Fsp3) is 0.455. The Bertz CT molecular complexity index is 812. The molecule has 1 aromatic carbocycles. The van der Waals surface area contributed by atoms with Crippen molar-refractivity contribution < 1.29 is 14.0 Å². The molecule has 2 aliphatic rings. The number of carbonyl (C=O) groups excluding carboxylic acids is 2. The van der Waals surface area contributed by atoms with E-state index in [0.29, 0.717) is 12.0 Å². The highest BCUT2D eigenvalue weighted by atomic mass is 32.1. The van der Waals surface area contributed by atoms with Gasteiger partial charge in [0.2, 0.25) is 11.8 Å².